The number of fused-ring (bicyclic) bond motifs is 2. The summed E-state index contributed by atoms with van der Waals surface area (Å²) in [6, 6.07) is 18.2. The van der Waals surface area contributed by atoms with E-state index in [4.69, 9.17) is 0 Å². The first-order valence-electron chi connectivity index (χ1n) is 8.68. The fraction of sp³-hybridized carbons (Fsp3) is 0.273. The molecule has 0 amide bonds. The van der Waals surface area contributed by atoms with Crippen molar-refractivity contribution in [3.63, 3.8) is 0 Å². The van der Waals surface area contributed by atoms with Gasteiger partial charge in [-0.2, -0.15) is 0 Å². The summed E-state index contributed by atoms with van der Waals surface area (Å²) in [6.07, 6.45) is 9.89. The molecule has 2 aromatic rings. The summed E-state index contributed by atoms with van der Waals surface area (Å²) in [5.41, 5.74) is 6.16. The van der Waals surface area contributed by atoms with E-state index in [1.165, 1.54) is 15.3 Å². The fourth-order valence-electron chi connectivity index (χ4n) is 5.34. The van der Waals surface area contributed by atoms with Crippen LogP contribution < -0.4 is 0 Å². The van der Waals surface area contributed by atoms with E-state index in [9.17, 15) is 0 Å². The third-order valence-electron chi connectivity index (χ3n) is 6.58. The van der Waals surface area contributed by atoms with Crippen LogP contribution in [0.1, 0.15) is 43.4 Å². The van der Waals surface area contributed by atoms with Gasteiger partial charge in [-0.25, -0.2) is 0 Å². The zero-order chi connectivity index (χ0) is 15.7. The van der Waals surface area contributed by atoms with Gasteiger partial charge >= 0.3 is 144 Å². The first-order chi connectivity index (χ1) is 11.1. The average molecular weight is 378 g/mol. The van der Waals surface area contributed by atoms with E-state index in [1.54, 1.807) is 11.1 Å². The summed E-state index contributed by atoms with van der Waals surface area (Å²) in [5.74, 6) is 0. The molecule has 1 heteroatoms. The van der Waals surface area contributed by atoms with Crippen LogP contribution in [0.4, 0.5) is 0 Å². The van der Waals surface area contributed by atoms with Crippen LogP contribution in [0, 0.1) is 0 Å². The predicted octanol–water partition coefficient (Wildman–Crippen LogP) is 6.31. The number of rotatable bonds is 2. The molecule has 2 unspecified atom stereocenters. The van der Waals surface area contributed by atoms with Gasteiger partial charge in [-0.1, -0.05) is 0 Å². The minimum atomic E-state index is -2.42. The molecule has 0 N–H and O–H groups in total. The molecule has 2 atom stereocenters. The Morgan fingerprint density at radius 3 is 1.65 bits per heavy atom. The molecular formula is C22H22Zr. The number of benzene rings is 2. The second-order valence-electron chi connectivity index (χ2n) is 8.03. The van der Waals surface area contributed by atoms with Gasteiger partial charge in [-0.15, -0.1) is 0 Å². The van der Waals surface area contributed by atoms with Crippen molar-refractivity contribution >= 4 is 12.2 Å². The van der Waals surface area contributed by atoms with Crippen molar-refractivity contribution in [1.29, 1.82) is 0 Å². The zero-order valence-electron chi connectivity index (χ0n) is 13.8. The normalized spacial score (nSPS) is 31.9. The van der Waals surface area contributed by atoms with Crippen molar-refractivity contribution in [2.45, 2.75) is 28.4 Å². The van der Waals surface area contributed by atoms with Crippen LogP contribution in [0.2, 0.25) is 7.25 Å². The monoisotopic (exact) mass is 376 g/mol. The van der Waals surface area contributed by atoms with E-state index in [1.807, 2.05) is 0 Å². The Bertz CT molecular complexity index is 794. The van der Waals surface area contributed by atoms with Gasteiger partial charge in [0.25, 0.3) is 0 Å². The average Bonchev–Trinajstić information content (AvgIpc) is 2.95. The summed E-state index contributed by atoms with van der Waals surface area (Å²) in [6.45, 7) is 5.10. The maximum atomic E-state index is 2.56. The van der Waals surface area contributed by atoms with Gasteiger partial charge in [-0.3, -0.25) is 0 Å². The third kappa shape index (κ3) is 1.81. The number of hydrogen-bond acceptors (Lipinski definition) is 0. The van der Waals surface area contributed by atoms with E-state index in [0.29, 0.717) is 3.12 Å². The molecule has 1 saturated heterocycles. The van der Waals surface area contributed by atoms with Gasteiger partial charge in [0.05, 0.1) is 0 Å². The van der Waals surface area contributed by atoms with Crippen molar-refractivity contribution < 1.29 is 20.3 Å². The molecule has 3 aliphatic rings. The van der Waals surface area contributed by atoms with Crippen molar-refractivity contribution in [2.24, 2.45) is 0 Å². The first-order valence-corrected chi connectivity index (χ1v) is 14.5. The SMILES string of the molecule is C[C]1(C)[CH2][Zr]1([CH]1C=Cc2ccccc21)[CH]1C=Cc2ccccc21. The minimum absolute atomic E-state index is 0.591. The molecule has 0 spiro atoms. The predicted molar refractivity (Wildman–Crippen MR) is 95.3 cm³/mol. The first kappa shape index (κ1) is 14.2. The van der Waals surface area contributed by atoms with Gasteiger partial charge in [0.15, 0.2) is 0 Å². The summed E-state index contributed by atoms with van der Waals surface area (Å²) in [7, 11) is 0. The van der Waals surface area contributed by atoms with Crippen molar-refractivity contribution in [2.75, 3.05) is 0 Å². The standard InChI is InChI=1S/2C9H7.C4H8.Zr/c2*1-2-5-9-7-3-6-8(9)4-1;1-4(2)3;/h2*1-7H;1H2,2-3H3;. The molecule has 0 saturated carbocycles. The molecule has 0 radical (unpaired) electrons. The van der Waals surface area contributed by atoms with Crippen LogP contribution in [0.25, 0.3) is 12.2 Å². The Balaban J connectivity index is 1.66. The van der Waals surface area contributed by atoms with E-state index in [0.717, 1.165) is 7.25 Å². The molecule has 2 aliphatic carbocycles. The van der Waals surface area contributed by atoms with Crippen LogP contribution in [0.5, 0.6) is 0 Å². The Hall–Kier alpha value is -1.20. The van der Waals surface area contributed by atoms with Gasteiger partial charge in [0, 0.05) is 0 Å². The number of hydrogen-bond donors (Lipinski definition) is 0. The van der Waals surface area contributed by atoms with E-state index in [-0.39, 0.29) is 0 Å². The molecule has 23 heavy (non-hydrogen) atoms. The molecule has 5 rings (SSSR count). The van der Waals surface area contributed by atoms with Crippen LogP contribution in [0.15, 0.2) is 60.7 Å². The quantitative estimate of drug-likeness (QED) is 0.575. The van der Waals surface area contributed by atoms with Crippen molar-refractivity contribution in [3.8, 4) is 0 Å². The van der Waals surface area contributed by atoms with Gasteiger partial charge in [0.1, 0.15) is 0 Å². The third-order valence-corrected chi connectivity index (χ3v) is 23.7. The van der Waals surface area contributed by atoms with E-state index < -0.39 is 20.3 Å². The molecule has 114 valence electrons. The summed E-state index contributed by atoms with van der Waals surface area (Å²) >= 11 is -2.42. The van der Waals surface area contributed by atoms with E-state index in [2.05, 4.69) is 86.7 Å². The molecule has 1 fully saturated rings. The second-order valence-corrected chi connectivity index (χ2v) is 20.4. The molecule has 2 aromatic carbocycles. The zero-order valence-corrected chi connectivity index (χ0v) is 16.2. The topological polar surface area (TPSA) is 0 Å². The van der Waals surface area contributed by atoms with Gasteiger partial charge in [-0.05, 0) is 0 Å². The van der Waals surface area contributed by atoms with Crippen LogP contribution in [0.3, 0.4) is 0 Å². The Labute approximate surface area is 143 Å². The molecule has 0 aromatic heterocycles. The number of allylic oxidation sites excluding steroid dienone is 2. The molecule has 1 heterocycles. The van der Waals surface area contributed by atoms with Crippen molar-refractivity contribution in [1.82, 2.24) is 0 Å². The van der Waals surface area contributed by atoms with E-state index >= 15 is 0 Å². The van der Waals surface area contributed by atoms with Crippen LogP contribution >= 0.6 is 0 Å². The summed E-state index contributed by atoms with van der Waals surface area (Å²) in [4.78, 5) is 0. The Morgan fingerprint density at radius 2 is 1.22 bits per heavy atom. The summed E-state index contributed by atoms with van der Waals surface area (Å²) < 4.78 is 3.59. The fourth-order valence-corrected chi connectivity index (χ4v) is 24.0. The van der Waals surface area contributed by atoms with Gasteiger partial charge in [0.2, 0.25) is 0 Å². The molecule has 0 nitrogen and oxygen atoms in total. The maximum absolute atomic E-state index is 2.56. The molecule has 0 bridgehead atoms. The van der Waals surface area contributed by atoms with Crippen LogP contribution in [-0.2, 0) is 20.3 Å². The van der Waals surface area contributed by atoms with Gasteiger partial charge < -0.3 is 0 Å². The Morgan fingerprint density at radius 1 is 0.783 bits per heavy atom. The summed E-state index contributed by atoms with van der Waals surface area (Å²) in [5, 5.41) is 0. The second kappa shape index (κ2) is 4.67. The molecular weight excluding hydrogens is 355 g/mol. The Kier molecular flexibility index (Phi) is 2.88. The van der Waals surface area contributed by atoms with Crippen LogP contribution in [-0.4, -0.2) is 0 Å². The van der Waals surface area contributed by atoms with Crippen molar-refractivity contribution in [3.05, 3.63) is 82.9 Å². The molecule has 1 aliphatic heterocycles.